The van der Waals surface area contributed by atoms with Crippen LogP contribution in [-0.4, -0.2) is 54.0 Å². The summed E-state index contributed by atoms with van der Waals surface area (Å²) in [4.78, 5) is 27.6. The van der Waals surface area contributed by atoms with Crippen molar-refractivity contribution >= 4 is 39.8 Å². The highest BCUT2D eigenvalue weighted by Crippen LogP contribution is 2.44. The van der Waals surface area contributed by atoms with Crippen LogP contribution in [-0.2, 0) is 10.7 Å². The number of hydrogen-bond donors (Lipinski definition) is 3. The topological polar surface area (TPSA) is 118 Å². The molecule has 2 aromatic carbocycles. The number of thiazole rings is 1. The number of nitrogen functional groups attached to an aromatic ring is 1. The second-order valence-corrected chi connectivity index (χ2v) is 9.97. The Labute approximate surface area is 245 Å². The van der Waals surface area contributed by atoms with Gasteiger partial charge in [-0.15, -0.1) is 0 Å². The molecule has 2 aromatic heterocycles. The number of amides is 2. The van der Waals surface area contributed by atoms with E-state index in [4.69, 9.17) is 10.5 Å². The second-order valence-electron chi connectivity index (χ2n) is 8.99. The van der Waals surface area contributed by atoms with Crippen molar-refractivity contribution in [1.82, 2.24) is 15.0 Å². The van der Waals surface area contributed by atoms with Crippen LogP contribution < -0.4 is 21.3 Å². The molecule has 0 saturated heterocycles. The predicted molar refractivity (Wildman–Crippen MR) is 152 cm³/mol. The highest BCUT2D eigenvalue weighted by atomic mass is 32.1. The summed E-state index contributed by atoms with van der Waals surface area (Å²) in [6.45, 7) is 3.36. The number of urea groups is 1. The number of carbonyl (C=O) groups excluding carboxylic acids is 1. The molecule has 4 N–H and O–H groups in total. The Morgan fingerprint density at radius 1 is 1.05 bits per heavy atom. The van der Waals surface area contributed by atoms with Gasteiger partial charge in [-0.2, -0.15) is 22.0 Å². The lowest BCUT2D eigenvalue weighted by Gasteiger charge is -2.20. The van der Waals surface area contributed by atoms with Crippen LogP contribution >= 0.6 is 11.3 Å². The van der Waals surface area contributed by atoms with Crippen molar-refractivity contribution in [1.29, 1.82) is 0 Å². The Balaban J connectivity index is 1.60. The lowest BCUT2D eigenvalue weighted by atomic mass is 10.1. The number of alkyl halides is 5. The van der Waals surface area contributed by atoms with E-state index in [-0.39, 0.29) is 22.9 Å². The molecule has 228 valence electrons. The van der Waals surface area contributed by atoms with Gasteiger partial charge in [-0.05, 0) is 31.2 Å². The van der Waals surface area contributed by atoms with Crippen molar-refractivity contribution in [2.45, 2.75) is 19.0 Å². The first-order valence-corrected chi connectivity index (χ1v) is 13.4. The predicted octanol–water partition coefficient (Wildman–Crippen LogP) is 6.76. The average Bonchev–Trinajstić information content (AvgIpc) is 3.39. The summed E-state index contributed by atoms with van der Waals surface area (Å²) in [6.07, 6.45) is -4.34. The second kappa shape index (κ2) is 12.8. The average molecular weight is 626 g/mol. The largest absolute Gasteiger partial charge is 0.458 e. The van der Waals surface area contributed by atoms with Crippen molar-refractivity contribution in [2.75, 3.05) is 48.1 Å². The zero-order chi connectivity index (χ0) is 31.4. The van der Waals surface area contributed by atoms with Gasteiger partial charge in [-0.3, -0.25) is 0 Å². The van der Waals surface area contributed by atoms with Crippen LogP contribution in [0, 0.1) is 5.82 Å². The lowest BCUT2D eigenvalue weighted by Crippen LogP contribution is -2.33. The highest BCUT2D eigenvalue weighted by Gasteiger charge is 2.58. The quantitative estimate of drug-likeness (QED) is 0.132. The summed E-state index contributed by atoms with van der Waals surface area (Å²) in [6, 6.07) is 7.73. The summed E-state index contributed by atoms with van der Waals surface area (Å²) < 4.78 is 86.2. The van der Waals surface area contributed by atoms with Crippen LogP contribution in [0.2, 0.25) is 0 Å². The number of halogens is 6. The van der Waals surface area contributed by atoms with Crippen LogP contribution in [0.4, 0.5) is 53.6 Å². The van der Waals surface area contributed by atoms with Crippen molar-refractivity contribution in [3.63, 3.8) is 0 Å². The van der Waals surface area contributed by atoms with Gasteiger partial charge in [-0.1, -0.05) is 35.6 Å². The summed E-state index contributed by atoms with van der Waals surface area (Å²) >= 11 is 1.18. The number of benzene rings is 2. The van der Waals surface area contributed by atoms with E-state index in [1.807, 2.05) is 11.8 Å². The van der Waals surface area contributed by atoms with Gasteiger partial charge in [-0.25, -0.2) is 24.1 Å². The Morgan fingerprint density at radius 2 is 1.77 bits per heavy atom. The number of anilines is 4. The molecule has 9 nitrogen and oxygen atoms in total. The fourth-order valence-corrected chi connectivity index (χ4v) is 4.87. The first-order valence-electron chi connectivity index (χ1n) is 12.6. The Kier molecular flexibility index (Phi) is 9.40. The van der Waals surface area contributed by atoms with E-state index in [9.17, 15) is 26.7 Å². The first-order chi connectivity index (χ1) is 20.3. The zero-order valence-corrected chi connectivity index (χ0v) is 23.5. The minimum Gasteiger partial charge on any atom is -0.380 e. The smallest absolute Gasteiger partial charge is 0.380 e. The molecule has 0 radical (unpaired) electrons. The number of aromatic nitrogens is 3. The molecule has 0 saturated carbocycles. The fraction of sp³-hybridized carbons (Fsp3) is 0.259. The van der Waals surface area contributed by atoms with Gasteiger partial charge < -0.3 is 26.0 Å². The van der Waals surface area contributed by atoms with E-state index < -0.39 is 29.5 Å². The monoisotopic (exact) mass is 625 g/mol. The van der Waals surface area contributed by atoms with E-state index in [2.05, 4.69) is 25.6 Å². The fourth-order valence-electron chi connectivity index (χ4n) is 3.79. The summed E-state index contributed by atoms with van der Waals surface area (Å²) in [7, 11) is 1.80. The van der Waals surface area contributed by atoms with Crippen LogP contribution in [0.15, 0.2) is 54.7 Å². The molecule has 0 aliphatic rings. The van der Waals surface area contributed by atoms with E-state index in [1.54, 1.807) is 13.1 Å². The van der Waals surface area contributed by atoms with Gasteiger partial charge in [0, 0.05) is 43.2 Å². The zero-order valence-electron chi connectivity index (χ0n) is 22.7. The maximum atomic E-state index is 15.8. The minimum absolute atomic E-state index is 0.00887. The summed E-state index contributed by atoms with van der Waals surface area (Å²) in [5.41, 5.74) is 4.90. The van der Waals surface area contributed by atoms with Gasteiger partial charge in [0.15, 0.2) is 10.9 Å². The molecule has 2 amide bonds. The van der Waals surface area contributed by atoms with Gasteiger partial charge in [0.1, 0.15) is 5.69 Å². The number of nitrogens with two attached hydrogens (primary N) is 1. The number of ether oxygens (including phenoxy) is 1. The van der Waals surface area contributed by atoms with Gasteiger partial charge >= 0.3 is 18.1 Å². The SMILES string of the molecule is CCOCCN(C)c1nc(-c2ccnc(N)n2)c(-c2cccc(NC(=O)Nc3ccc(C(F)(F)C(F)(F)F)cc3)c2F)s1. The standard InChI is InChI=1S/C27H25F6N7O2S/c1-3-42-14-13-40(2)25-39-21(19-11-12-35-23(34)37-19)22(43-25)17-5-4-6-18(20(17)28)38-24(41)36-16-9-7-15(8-10-16)26(29,30)27(31,32)33/h4-12H,3,13-14H2,1-2H3,(H2,34,35,37)(H2,36,38,41). The number of carbonyl (C=O) groups is 1. The van der Waals surface area contributed by atoms with Crippen LogP contribution in [0.25, 0.3) is 21.8 Å². The molecular weight excluding hydrogens is 600 g/mol. The van der Waals surface area contributed by atoms with Crippen LogP contribution in [0.5, 0.6) is 0 Å². The van der Waals surface area contributed by atoms with E-state index in [0.29, 0.717) is 53.3 Å². The van der Waals surface area contributed by atoms with Crippen molar-refractivity contribution in [3.05, 3.63) is 66.1 Å². The summed E-state index contributed by atoms with van der Waals surface area (Å²) in [5.74, 6) is -5.89. The molecule has 0 aliphatic carbocycles. The first kappa shape index (κ1) is 31.5. The lowest BCUT2D eigenvalue weighted by molar-refractivity contribution is -0.289. The van der Waals surface area contributed by atoms with E-state index >= 15 is 4.39 Å². The van der Waals surface area contributed by atoms with Crippen LogP contribution in [0.3, 0.4) is 0 Å². The number of rotatable bonds is 10. The van der Waals surface area contributed by atoms with Crippen molar-refractivity contribution < 1.29 is 35.9 Å². The maximum Gasteiger partial charge on any atom is 0.458 e. The molecule has 4 rings (SSSR count). The number of nitrogens with zero attached hydrogens (tertiary/aromatic N) is 4. The molecule has 0 unspecified atom stereocenters. The molecular formula is C27H25F6N7O2S. The number of nitrogens with one attached hydrogen (secondary N) is 2. The molecule has 0 aliphatic heterocycles. The molecule has 0 spiro atoms. The van der Waals surface area contributed by atoms with Crippen molar-refractivity contribution in [2.24, 2.45) is 0 Å². The highest BCUT2D eigenvalue weighted by molar-refractivity contribution is 7.19. The third kappa shape index (κ3) is 7.14. The molecule has 0 fully saturated rings. The number of hydrogen-bond acceptors (Lipinski definition) is 8. The van der Waals surface area contributed by atoms with Gasteiger partial charge in [0.2, 0.25) is 5.95 Å². The van der Waals surface area contributed by atoms with E-state index in [1.165, 1.54) is 35.7 Å². The minimum atomic E-state index is -5.78. The molecule has 4 aromatic rings. The van der Waals surface area contributed by atoms with E-state index in [0.717, 1.165) is 12.1 Å². The third-order valence-corrected chi connectivity index (χ3v) is 7.19. The van der Waals surface area contributed by atoms with Crippen LogP contribution in [0.1, 0.15) is 12.5 Å². The normalized spacial score (nSPS) is 11.8. The Hall–Kier alpha value is -4.44. The molecule has 2 heterocycles. The van der Waals surface area contributed by atoms with Crippen molar-refractivity contribution in [3.8, 4) is 21.8 Å². The number of likely N-dealkylation sites (N-methyl/N-ethyl adjacent to an activating group) is 1. The third-order valence-electron chi connectivity index (χ3n) is 5.99. The summed E-state index contributed by atoms with van der Waals surface area (Å²) in [5, 5.41) is 5.15. The molecule has 16 heteroatoms. The molecule has 43 heavy (non-hydrogen) atoms. The van der Waals surface area contributed by atoms with Gasteiger partial charge in [0.05, 0.1) is 22.9 Å². The maximum absolute atomic E-state index is 15.8. The Bertz CT molecular complexity index is 1580. The molecule has 0 bridgehead atoms. The molecule has 0 atom stereocenters. The van der Waals surface area contributed by atoms with Gasteiger partial charge in [0.25, 0.3) is 0 Å². The Morgan fingerprint density at radius 3 is 2.42 bits per heavy atom.